The number of aromatic amines is 2. The summed E-state index contributed by atoms with van der Waals surface area (Å²) in [4.78, 5) is 17.2. The molecule has 0 bridgehead atoms. The van der Waals surface area contributed by atoms with Crippen LogP contribution >= 0.6 is 0 Å². The van der Waals surface area contributed by atoms with E-state index in [1.54, 1.807) is 12.4 Å². The SMILES string of the molecule is C[N+]1(C)CCN(c2ccc(-c3cnc4[nH]cc(-c5oncc5-c5cccc(F)c5F)c4c3)cc2)CC1.OB(O)c1cnc2[nH]cc(-c3oncc3-c3cccc(F)c3F)c2c1. The summed E-state index contributed by atoms with van der Waals surface area (Å²) < 4.78 is 67.9. The minimum absolute atomic E-state index is 0.0110. The maximum absolute atomic E-state index is 14.5. The molecule has 306 valence electrons. The standard InChI is InChI=1S/C28H26F2N5O.C16H10BF2N3O3/c1-35(2)12-10-34(11-13-35)20-8-6-18(7-9-20)19-14-22-23(16-32-28(22)31-15-19)27-24(17-33-36-27)21-4-3-5-25(29)26(21)30;18-13-3-1-2-9(14(13)19)12-7-22-25-15(12)11-6-21-16-10(11)4-8(5-20-16)17(23)24/h3-9,14-17H,10-13H2,1-2H3,(H,31,32);1-7,23-24H,(H,20,21)/q+1;. The highest BCUT2D eigenvalue weighted by atomic mass is 19.2. The number of nitrogens with zero attached hydrogens (tertiary/aromatic N) is 6. The van der Waals surface area contributed by atoms with Gasteiger partial charge in [0.15, 0.2) is 34.8 Å². The topological polar surface area (TPSA) is 153 Å². The number of benzene rings is 3. The van der Waals surface area contributed by atoms with E-state index < -0.39 is 30.4 Å². The molecule has 17 heteroatoms. The van der Waals surface area contributed by atoms with Gasteiger partial charge in [0.25, 0.3) is 0 Å². The van der Waals surface area contributed by atoms with E-state index in [1.807, 2.05) is 12.3 Å². The molecule has 0 unspecified atom stereocenters. The number of hydrogen-bond acceptors (Lipinski definition) is 9. The highest BCUT2D eigenvalue weighted by Crippen LogP contribution is 2.39. The van der Waals surface area contributed by atoms with Gasteiger partial charge >= 0.3 is 7.12 Å². The molecule has 6 aromatic heterocycles. The lowest BCUT2D eigenvalue weighted by Crippen LogP contribution is -2.54. The summed E-state index contributed by atoms with van der Waals surface area (Å²) in [6.07, 6.45) is 9.17. The average molecular weight is 828 g/mol. The summed E-state index contributed by atoms with van der Waals surface area (Å²) in [6, 6.07) is 20.0. The summed E-state index contributed by atoms with van der Waals surface area (Å²) >= 11 is 0. The van der Waals surface area contributed by atoms with E-state index in [-0.39, 0.29) is 27.9 Å². The molecule has 10 rings (SSSR count). The van der Waals surface area contributed by atoms with Crippen molar-refractivity contribution in [1.29, 1.82) is 0 Å². The number of fused-ring (bicyclic) bond motifs is 2. The molecule has 1 fully saturated rings. The van der Waals surface area contributed by atoms with Crippen LogP contribution in [-0.4, -0.2) is 92.2 Å². The molecule has 3 aromatic carbocycles. The zero-order chi connectivity index (χ0) is 42.4. The first-order valence-electron chi connectivity index (χ1n) is 19.2. The number of likely N-dealkylation sites (N-methyl/N-ethyl adjacent to an activating group) is 1. The molecule has 12 nitrogen and oxygen atoms in total. The second kappa shape index (κ2) is 15.8. The van der Waals surface area contributed by atoms with Gasteiger partial charge < -0.3 is 38.4 Å². The van der Waals surface area contributed by atoms with Crippen molar-refractivity contribution in [1.82, 2.24) is 30.2 Å². The second-order valence-electron chi connectivity index (χ2n) is 15.3. The molecule has 0 saturated carbocycles. The van der Waals surface area contributed by atoms with E-state index in [0.717, 1.165) is 59.3 Å². The number of nitrogens with one attached hydrogen (secondary N) is 2. The zero-order valence-corrected chi connectivity index (χ0v) is 32.7. The van der Waals surface area contributed by atoms with Gasteiger partial charge in [-0.2, -0.15) is 0 Å². The summed E-state index contributed by atoms with van der Waals surface area (Å²) in [6.45, 7) is 4.33. The normalized spacial score (nSPS) is 13.7. The lowest BCUT2D eigenvalue weighted by atomic mass is 9.81. The highest BCUT2D eigenvalue weighted by molar-refractivity contribution is 6.58. The van der Waals surface area contributed by atoms with E-state index in [2.05, 4.69) is 73.5 Å². The number of quaternary nitrogens is 1. The van der Waals surface area contributed by atoms with Crippen LogP contribution in [0.4, 0.5) is 23.2 Å². The Morgan fingerprint density at radius 3 is 1.69 bits per heavy atom. The lowest BCUT2D eigenvalue weighted by molar-refractivity contribution is -0.890. The third-order valence-electron chi connectivity index (χ3n) is 11.0. The summed E-state index contributed by atoms with van der Waals surface area (Å²) in [5, 5.41) is 27.5. The Hall–Kier alpha value is -7.08. The van der Waals surface area contributed by atoms with E-state index in [1.165, 1.54) is 54.6 Å². The van der Waals surface area contributed by atoms with Crippen LogP contribution in [0.2, 0.25) is 0 Å². The minimum Gasteiger partial charge on any atom is -0.423 e. The molecule has 0 radical (unpaired) electrons. The number of halogens is 4. The fourth-order valence-corrected chi connectivity index (χ4v) is 7.50. The lowest BCUT2D eigenvalue weighted by Gasteiger charge is -2.40. The van der Waals surface area contributed by atoms with E-state index in [4.69, 9.17) is 9.05 Å². The van der Waals surface area contributed by atoms with Crippen molar-refractivity contribution in [2.45, 2.75) is 0 Å². The van der Waals surface area contributed by atoms with Crippen LogP contribution in [0.25, 0.3) is 78.1 Å². The molecule has 1 aliphatic rings. The van der Waals surface area contributed by atoms with Crippen molar-refractivity contribution < 1.29 is 41.1 Å². The van der Waals surface area contributed by atoms with Gasteiger partial charge in [-0.15, -0.1) is 0 Å². The van der Waals surface area contributed by atoms with Crippen molar-refractivity contribution >= 4 is 40.3 Å². The van der Waals surface area contributed by atoms with Gasteiger partial charge in [0.05, 0.1) is 63.8 Å². The van der Waals surface area contributed by atoms with Gasteiger partial charge in [0.1, 0.15) is 11.3 Å². The van der Waals surface area contributed by atoms with Gasteiger partial charge in [-0.3, -0.25) is 0 Å². The first-order valence-corrected chi connectivity index (χ1v) is 19.2. The predicted octanol–water partition coefficient (Wildman–Crippen LogP) is 7.57. The van der Waals surface area contributed by atoms with Crippen LogP contribution in [0.3, 0.4) is 0 Å². The molecule has 0 amide bonds. The fourth-order valence-electron chi connectivity index (χ4n) is 7.50. The molecule has 0 aliphatic carbocycles. The Balaban J connectivity index is 0.000000167. The molecule has 61 heavy (non-hydrogen) atoms. The molecule has 0 spiro atoms. The first kappa shape index (κ1) is 39.4. The van der Waals surface area contributed by atoms with Crippen LogP contribution in [0.15, 0.2) is 119 Å². The van der Waals surface area contributed by atoms with E-state index in [0.29, 0.717) is 39.1 Å². The third kappa shape index (κ3) is 7.54. The average Bonchev–Trinajstić information content (AvgIpc) is 4.09. The van der Waals surface area contributed by atoms with Gasteiger partial charge in [-0.1, -0.05) is 46.7 Å². The molecule has 1 saturated heterocycles. The van der Waals surface area contributed by atoms with Crippen molar-refractivity contribution in [2.24, 2.45) is 0 Å². The maximum atomic E-state index is 14.5. The highest BCUT2D eigenvalue weighted by Gasteiger charge is 2.26. The number of pyridine rings is 2. The number of piperazine rings is 1. The number of anilines is 1. The Labute approximate surface area is 345 Å². The number of rotatable bonds is 7. The summed E-state index contributed by atoms with van der Waals surface area (Å²) in [5.74, 6) is -3.27. The van der Waals surface area contributed by atoms with Crippen LogP contribution in [-0.2, 0) is 0 Å². The largest absolute Gasteiger partial charge is 0.490 e. The van der Waals surface area contributed by atoms with Crippen molar-refractivity contribution in [2.75, 3.05) is 45.2 Å². The van der Waals surface area contributed by atoms with Crippen LogP contribution in [0.5, 0.6) is 0 Å². The second-order valence-corrected chi connectivity index (χ2v) is 15.3. The molecule has 1 aliphatic heterocycles. The van der Waals surface area contributed by atoms with Gasteiger partial charge in [0.2, 0.25) is 0 Å². The van der Waals surface area contributed by atoms with E-state index in [9.17, 15) is 27.6 Å². The smallest absolute Gasteiger partial charge is 0.423 e. The van der Waals surface area contributed by atoms with Crippen molar-refractivity contribution in [3.05, 3.63) is 133 Å². The number of hydrogen-bond donors (Lipinski definition) is 4. The monoisotopic (exact) mass is 827 g/mol. The quantitative estimate of drug-likeness (QED) is 0.0724. The molecular weight excluding hydrogens is 791 g/mol. The van der Waals surface area contributed by atoms with Gasteiger partial charge in [0, 0.05) is 74.5 Å². The Bertz CT molecular complexity index is 3020. The molecular formula is C44H36BF4N8O4+. The summed E-state index contributed by atoms with van der Waals surface area (Å²) in [5.41, 5.74) is 6.47. The molecule has 9 aromatic rings. The van der Waals surface area contributed by atoms with Crippen LogP contribution in [0, 0.1) is 23.3 Å². The van der Waals surface area contributed by atoms with E-state index >= 15 is 0 Å². The Morgan fingerprint density at radius 2 is 1.15 bits per heavy atom. The molecule has 4 N–H and O–H groups in total. The summed E-state index contributed by atoms with van der Waals surface area (Å²) in [7, 11) is 2.86. The van der Waals surface area contributed by atoms with Gasteiger partial charge in [-0.25, -0.2) is 27.5 Å². The predicted molar refractivity (Wildman–Crippen MR) is 223 cm³/mol. The van der Waals surface area contributed by atoms with Gasteiger partial charge in [-0.05, 0) is 42.0 Å². The van der Waals surface area contributed by atoms with Crippen molar-refractivity contribution in [3.8, 4) is 56.0 Å². The fraction of sp³-hybridized carbons (Fsp3) is 0.136. The number of H-pyrrole nitrogens is 2. The van der Waals surface area contributed by atoms with Crippen LogP contribution < -0.4 is 10.4 Å². The Morgan fingerprint density at radius 1 is 0.623 bits per heavy atom. The molecule has 7 heterocycles. The Kier molecular flexibility index (Phi) is 10.2. The number of aromatic nitrogens is 6. The zero-order valence-electron chi connectivity index (χ0n) is 32.7. The molecule has 0 atom stereocenters. The first-order chi connectivity index (χ1) is 29.5. The minimum atomic E-state index is -1.69. The maximum Gasteiger partial charge on any atom is 0.490 e. The third-order valence-corrected chi connectivity index (χ3v) is 11.0. The van der Waals surface area contributed by atoms with Crippen molar-refractivity contribution in [3.63, 3.8) is 0 Å². The van der Waals surface area contributed by atoms with Crippen LogP contribution in [0.1, 0.15) is 0 Å².